The van der Waals surface area contributed by atoms with E-state index in [2.05, 4.69) is 37.5 Å². The first-order valence-corrected chi connectivity index (χ1v) is 11.6. The van der Waals surface area contributed by atoms with E-state index < -0.39 is 0 Å². The lowest BCUT2D eigenvalue weighted by Crippen LogP contribution is -2.43. The number of pyridine rings is 2. The van der Waals surface area contributed by atoms with Crippen molar-refractivity contribution in [3.63, 3.8) is 0 Å². The summed E-state index contributed by atoms with van der Waals surface area (Å²) in [6, 6.07) is 11.1. The summed E-state index contributed by atoms with van der Waals surface area (Å²) >= 11 is 0. The number of anilines is 2. The van der Waals surface area contributed by atoms with Gasteiger partial charge >= 0.3 is 0 Å². The molecule has 9 nitrogen and oxygen atoms in total. The van der Waals surface area contributed by atoms with Crippen molar-refractivity contribution in [1.82, 2.24) is 30.2 Å². The number of carbonyl (C=O) groups is 1. The smallest absolute Gasteiger partial charge is 0.259 e. The van der Waals surface area contributed by atoms with E-state index in [1.807, 2.05) is 31.2 Å². The molecule has 5 rings (SSSR count). The van der Waals surface area contributed by atoms with Crippen LogP contribution >= 0.6 is 0 Å². The second-order valence-electron chi connectivity index (χ2n) is 8.90. The first kappa shape index (κ1) is 22.7. The van der Waals surface area contributed by atoms with Crippen molar-refractivity contribution in [1.29, 1.82) is 0 Å². The molecule has 0 spiro atoms. The fourth-order valence-corrected chi connectivity index (χ4v) is 4.24. The van der Waals surface area contributed by atoms with Gasteiger partial charge in [-0.3, -0.25) is 9.59 Å². The summed E-state index contributed by atoms with van der Waals surface area (Å²) in [6.07, 6.45) is 6.95. The Morgan fingerprint density at radius 3 is 2.51 bits per heavy atom. The van der Waals surface area contributed by atoms with Gasteiger partial charge in [0.1, 0.15) is 11.6 Å². The normalized spacial score (nSPS) is 14.7. The Morgan fingerprint density at radius 2 is 1.80 bits per heavy atom. The van der Waals surface area contributed by atoms with E-state index in [1.165, 1.54) is 0 Å². The van der Waals surface area contributed by atoms with Crippen molar-refractivity contribution in [3.8, 4) is 11.3 Å². The average Bonchev–Trinajstić information content (AvgIpc) is 2.86. The number of amides is 1. The molecule has 3 aromatic heterocycles. The van der Waals surface area contributed by atoms with Crippen LogP contribution < -0.4 is 16.2 Å². The maximum absolute atomic E-state index is 12.7. The van der Waals surface area contributed by atoms with Crippen LogP contribution in [-0.2, 0) is 0 Å². The van der Waals surface area contributed by atoms with Crippen LogP contribution in [0.15, 0.2) is 59.8 Å². The number of hydrogen-bond acceptors (Lipinski definition) is 7. The summed E-state index contributed by atoms with van der Waals surface area (Å²) in [4.78, 5) is 43.5. The van der Waals surface area contributed by atoms with Crippen molar-refractivity contribution in [3.05, 3.63) is 76.7 Å². The second-order valence-corrected chi connectivity index (χ2v) is 8.90. The monoisotopic (exact) mass is 469 g/mol. The molecule has 1 amide bonds. The van der Waals surface area contributed by atoms with Gasteiger partial charge in [-0.15, -0.1) is 0 Å². The van der Waals surface area contributed by atoms with E-state index in [-0.39, 0.29) is 17.5 Å². The fraction of sp³-hybridized carbons (Fsp3) is 0.269. The highest BCUT2D eigenvalue weighted by atomic mass is 16.1. The van der Waals surface area contributed by atoms with Gasteiger partial charge < -0.3 is 20.5 Å². The van der Waals surface area contributed by atoms with Gasteiger partial charge in [-0.05, 0) is 81.7 Å². The lowest BCUT2D eigenvalue weighted by atomic mass is 10.0. The Kier molecular flexibility index (Phi) is 6.24. The number of likely N-dealkylation sites (tertiary alicyclic amines) is 1. The van der Waals surface area contributed by atoms with E-state index >= 15 is 0 Å². The summed E-state index contributed by atoms with van der Waals surface area (Å²) in [5.41, 5.74) is 2.48. The minimum Gasteiger partial charge on any atom is -0.349 e. The fourth-order valence-electron chi connectivity index (χ4n) is 4.24. The molecule has 0 atom stereocenters. The van der Waals surface area contributed by atoms with E-state index in [1.54, 1.807) is 30.7 Å². The van der Waals surface area contributed by atoms with Crippen LogP contribution in [0.2, 0.25) is 0 Å². The van der Waals surface area contributed by atoms with Crippen molar-refractivity contribution in [2.24, 2.45) is 0 Å². The van der Waals surface area contributed by atoms with Gasteiger partial charge in [0.2, 0.25) is 0 Å². The molecule has 4 aromatic rings. The molecule has 1 fully saturated rings. The molecule has 0 radical (unpaired) electrons. The van der Waals surface area contributed by atoms with E-state index in [0.717, 1.165) is 42.6 Å². The first-order chi connectivity index (χ1) is 17.0. The number of hydrogen-bond donors (Lipinski definition) is 3. The van der Waals surface area contributed by atoms with Gasteiger partial charge in [0.05, 0.1) is 11.1 Å². The van der Waals surface area contributed by atoms with Crippen LogP contribution in [0.5, 0.6) is 0 Å². The second kappa shape index (κ2) is 9.63. The molecule has 9 heteroatoms. The molecule has 0 unspecified atom stereocenters. The molecule has 1 aliphatic heterocycles. The van der Waals surface area contributed by atoms with Gasteiger partial charge in [0.25, 0.3) is 11.5 Å². The highest BCUT2D eigenvalue weighted by Gasteiger charge is 2.19. The van der Waals surface area contributed by atoms with E-state index in [0.29, 0.717) is 28.3 Å². The highest BCUT2D eigenvalue weighted by molar-refractivity contribution is 5.96. The molecular formula is C26H27N7O2. The largest absolute Gasteiger partial charge is 0.349 e. The van der Waals surface area contributed by atoms with E-state index in [9.17, 15) is 9.59 Å². The zero-order valence-electron chi connectivity index (χ0n) is 19.7. The number of carbonyl (C=O) groups excluding carboxylic acids is 1. The molecule has 1 aromatic carbocycles. The maximum Gasteiger partial charge on any atom is 0.259 e. The third-order valence-electron chi connectivity index (χ3n) is 6.29. The van der Waals surface area contributed by atoms with Crippen molar-refractivity contribution in [2.75, 3.05) is 25.5 Å². The number of H-pyrrole nitrogens is 1. The standard InChI is InChI=1S/C26H27N7O2/c1-16-28-14-19(15-29-16)22-13-18-7-10-27-26(35)23(18)24(32-22)30-20-5-3-17(4-6-20)25(34)31-21-8-11-33(2)12-9-21/h3-7,10,13-15,21H,8-9,11-12H2,1-2H3,(H,27,35)(H,30,32)(H,31,34). The molecule has 1 aliphatic rings. The van der Waals surface area contributed by atoms with Crippen molar-refractivity contribution < 1.29 is 4.79 Å². The predicted octanol–water partition coefficient (Wildman–Crippen LogP) is 3.26. The Balaban J connectivity index is 1.40. The molecule has 35 heavy (non-hydrogen) atoms. The Hall–Kier alpha value is -4.11. The third-order valence-corrected chi connectivity index (χ3v) is 6.29. The zero-order valence-corrected chi connectivity index (χ0v) is 19.7. The van der Waals surface area contributed by atoms with Crippen molar-refractivity contribution in [2.45, 2.75) is 25.8 Å². The molecule has 0 saturated carbocycles. The number of benzene rings is 1. The zero-order chi connectivity index (χ0) is 24.4. The SMILES string of the molecule is Cc1ncc(-c2cc3cc[nH]c(=O)c3c(Nc3ccc(C(=O)NC4CCN(C)CC4)cc3)n2)cn1. The lowest BCUT2D eigenvalue weighted by molar-refractivity contribution is 0.0917. The van der Waals surface area contributed by atoms with E-state index in [4.69, 9.17) is 4.98 Å². The third kappa shape index (κ3) is 5.04. The summed E-state index contributed by atoms with van der Waals surface area (Å²) in [7, 11) is 2.10. The number of nitrogens with zero attached hydrogens (tertiary/aromatic N) is 4. The van der Waals surface area contributed by atoms with Crippen LogP contribution in [-0.4, -0.2) is 56.9 Å². The molecule has 0 aliphatic carbocycles. The summed E-state index contributed by atoms with van der Waals surface area (Å²) in [5.74, 6) is 1.01. The maximum atomic E-state index is 12.7. The first-order valence-electron chi connectivity index (χ1n) is 11.6. The number of piperidine rings is 1. The number of aromatic amines is 1. The Labute approximate surface area is 202 Å². The molecule has 1 saturated heterocycles. The number of aromatic nitrogens is 4. The number of fused-ring (bicyclic) bond motifs is 1. The topological polar surface area (TPSA) is 116 Å². The molecule has 4 heterocycles. The average molecular weight is 470 g/mol. The minimum absolute atomic E-state index is 0.0764. The molecular weight excluding hydrogens is 442 g/mol. The summed E-state index contributed by atoms with van der Waals surface area (Å²) in [6.45, 7) is 3.80. The Morgan fingerprint density at radius 1 is 1.09 bits per heavy atom. The van der Waals surface area contributed by atoms with Crippen molar-refractivity contribution >= 4 is 28.2 Å². The van der Waals surface area contributed by atoms with Crippen LogP contribution in [0.1, 0.15) is 29.0 Å². The van der Waals surface area contributed by atoms with Crippen LogP contribution in [0.25, 0.3) is 22.0 Å². The summed E-state index contributed by atoms with van der Waals surface area (Å²) in [5, 5.41) is 7.58. The Bertz CT molecular complexity index is 1410. The minimum atomic E-state index is -0.238. The lowest BCUT2D eigenvalue weighted by Gasteiger charge is -2.29. The quantitative estimate of drug-likeness (QED) is 0.411. The van der Waals surface area contributed by atoms with Gasteiger partial charge in [0, 0.05) is 41.4 Å². The van der Waals surface area contributed by atoms with Crippen LogP contribution in [0.4, 0.5) is 11.5 Å². The molecule has 178 valence electrons. The van der Waals surface area contributed by atoms with Gasteiger partial charge in [-0.1, -0.05) is 0 Å². The summed E-state index contributed by atoms with van der Waals surface area (Å²) < 4.78 is 0. The van der Waals surface area contributed by atoms with Crippen LogP contribution in [0.3, 0.4) is 0 Å². The number of aryl methyl sites for hydroxylation is 1. The molecule has 3 N–H and O–H groups in total. The van der Waals surface area contributed by atoms with Crippen LogP contribution in [0, 0.1) is 6.92 Å². The predicted molar refractivity (Wildman–Crippen MR) is 136 cm³/mol. The van der Waals surface area contributed by atoms with Gasteiger partial charge in [-0.2, -0.15) is 0 Å². The number of rotatable bonds is 5. The highest BCUT2D eigenvalue weighted by Crippen LogP contribution is 2.27. The molecule has 0 bridgehead atoms. The van der Waals surface area contributed by atoms with Gasteiger partial charge in [0.15, 0.2) is 0 Å². The number of nitrogens with one attached hydrogen (secondary N) is 3. The van der Waals surface area contributed by atoms with Gasteiger partial charge in [-0.25, -0.2) is 15.0 Å².